The van der Waals surface area contributed by atoms with Gasteiger partial charge in [-0.15, -0.1) is 0 Å². The fourth-order valence-electron chi connectivity index (χ4n) is 6.45. The summed E-state index contributed by atoms with van der Waals surface area (Å²) >= 11 is 0. The van der Waals surface area contributed by atoms with E-state index in [2.05, 4.69) is 115 Å². The molecule has 0 fully saturated rings. The van der Waals surface area contributed by atoms with E-state index in [1.54, 1.807) is 0 Å². The Kier molecular flexibility index (Phi) is 5.88. The van der Waals surface area contributed by atoms with Crippen molar-refractivity contribution in [3.05, 3.63) is 156 Å². The van der Waals surface area contributed by atoms with Gasteiger partial charge in [-0.05, 0) is 72.8 Å². The number of benzene rings is 5. The van der Waals surface area contributed by atoms with Gasteiger partial charge < -0.3 is 0 Å². The fourth-order valence-corrected chi connectivity index (χ4v) is 6.45. The predicted molar refractivity (Wildman–Crippen MR) is 170 cm³/mol. The Morgan fingerprint density at radius 2 is 0.927 bits per heavy atom. The summed E-state index contributed by atoms with van der Waals surface area (Å²) in [6.45, 7) is 11.9. The molecule has 2 nitrogen and oxygen atoms in total. The van der Waals surface area contributed by atoms with Gasteiger partial charge in [0.05, 0.1) is 6.57 Å². The van der Waals surface area contributed by atoms with Crippen LogP contribution >= 0.6 is 0 Å². The maximum absolute atomic E-state index is 7.21. The summed E-state index contributed by atoms with van der Waals surface area (Å²) in [7, 11) is 0. The van der Waals surface area contributed by atoms with Crippen molar-refractivity contribution in [1.82, 2.24) is 4.98 Å². The summed E-state index contributed by atoms with van der Waals surface area (Å²) < 4.78 is 0. The first-order valence-corrected chi connectivity index (χ1v) is 13.9. The zero-order valence-electron chi connectivity index (χ0n) is 23.1. The SMILES string of the molecule is [C-]#[N+]c1ccc(-c2ccc(-c3cccc4c3C(C)(C)c3c(-c5ccc(-c6cccnc6)cc5)cccc3-4)cc2)cc1. The van der Waals surface area contributed by atoms with Crippen molar-refractivity contribution >= 4 is 5.69 Å². The number of aromatic nitrogens is 1. The number of rotatable bonds is 4. The molecule has 0 amide bonds. The van der Waals surface area contributed by atoms with Crippen LogP contribution in [0.15, 0.2) is 134 Å². The molecule has 0 N–H and O–H groups in total. The summed E-state index contributed by atoms with van der Waals surface area (Å²) in [4.78, 5) is 7.79. The topological polar surface area (TPSA) is 17.2 Å². The van der Waals surface area contributed by atoms with E-state index in [1.807, 2.05) is 42.7 Å². The van der Waals surface area contributed by atoms with Crippen molar-refractivity contribution < 1.29 is 0 Å². The van der Waals surface area contributed by atoms with E-state index in [1.165, 1.54) is 50.1 Å². The number of fused-ring (bicyclic) bond motifs is 3. The minimum absolute atomic E-state index is 0.172. The van der Waals surface area contributed by atoms with Gasteiger partial charge >= 0.3 is 0 Å². The zero-order chi connectivity index (χ0) is 28.0. The second kappa shape index (κ2) is 9.73. The third kappa shape index (κ3) is 4.15. The summed E-state index contributed by atoms with van der Waals surface area (Å²) in [5.41, 5.74) is 15.4. The lowest BCUT2D eigenvalue weighted by Gasteiger charge is -2.27. The van der Waals surface area contributed by atoms with E-state index in [0.717, 1.165) is 16.7 Å². The number of hydrogen-bond acceptors (Lipinski definition) is 1. The van der Waals surface area contributed by atoms with Crippen LogP contribution in [0, 0.1) is 6.57 Å². The smallest absolute Gasteiger partial charge is 0.187 e. The molecule has 0 aliphatic heterocycles. The summed E-state index contributed by atoms with van der Waals surface area (Å²) in [5.74, 6) is 0. The lowest BCUT2D eigenvalue weighted by Crippen LogP contribution is -2.17. The normalized spacial score (nSPS) is 12.8. The molecule has 0 atom stereocenters. The molecule has 1 heterocycles. The maximum atomic E-state index is 7.21. The van der Waals surface area contributed by atoms with Crippen LogP contribution in [0.4, 0.5) is 5.69 Å². The summed E-state index contributed by atoms with van der Waals surface area (Å²) in [5, 5.41) is 0. The fraction of sp³-hybridized carbons (Fsp3) is 0.0769. The molecule has 0 spiro atoms. The first-order chi connectivity index (χ1) is 20.0. The Morgan fingerprint density at radius 3 is 1.39 bits per heavy atom. The summed E-state index contributed by atoms with van der Waals surface area (Å²) in [6, 6.07) is 43.0. The number of nitrogens with zero attached hydrogens (tertiary/aromatic N) is 2. The van der Waals surface area contributed by atoms with Gasteiger partial charge in [0.1, 0.15) is 0 Å². The first-order valence-electron chi connectivity index (χ1n) is 13.9. The summed E-state index contributed by atoms with van der Waals surface area (Å²) in [6.07, 6.45) is 3.72. The minimum Gasteiger partial charge on any atom is -0.264 e. The van der Waals surface area contributed by atoms with Crippen molar-refractivity contribution in [3.8, 4) is 55.6 Å². The molecule has 0 saturated carbocycles. The highest BCUT2D eigenvalue weighted by molar-refractivity contribution is 5.93. The largest absolute Gasteiger partial charge is 0.264 e. The molecule has 0 bridgehead atoms. The van der Waals surface area contributed by atoms with Crippen LogP contribution < -0.4 is 0 Å². The van der Waals surface area contributed by atoms with Crippen LogP contribution in [-0.2, 0) is 5.41 Å². The van der Waals surface area contributed by atoms with Gasteiger partial charge in [-0.1, -0.05) is 129 Å². The Hall–Kier alpha value is -5.26. The highest BCUT2D eigenvalue weighted by Crippen LogP contribution is 2.55. The van der Waals surface area contributed by atoms with Crippen molar-refractivity contribution in [1.29, 1.82) is 0 Å². The zero-order valence-corrected chi connectivity index (χ0v) is 23.1. The third-order valence-electron chi connectivity index (χ3n) is 8.39. The van der Waals surface area contributed by atoms with Crippen LogP contribution in [0.25, 0.3) is 60.5 Å². The van der Waals surface area contributed by atoms with Crippen LogP contribution in [0.1, 0.15) is 25.0 Å². The Labute approximate surface area is 241 Å². The quantitative estimate of drug-likeness (QED) is 0.210. The third-order valence-corrected chi connectivity index (χ3v) is 8.39. The van der Waals surface area contributed by atoms with E-state index >= 15 is 0 Å². The Morgan fingerprint density at radius 1 is 0.488 bits per heavy atom. The molecule has 1 aliphatic rings. The highest BCUT2D eigenvalue weighted by atomic mass is 14.6. The monoisotopic (exact) mass is 524 g/mol. The molecule has 5 aromatic carbocycles. The van der Waals surface area contributed by atoms with Crippen LogP contribution in [0.5, 0.6) is 0 Å². The number of hydrogen-bond donors (Lipinski definition) is 0. The molecule has 41 heavy (non-hydrogen) atoms. The van der Waals surface area contributed by atoms with Crippen molar-refractivity contribution in [2.45, 2.75) is 19.3 Å². The van der Waals surface area contributed by atoms with E-state index in [9.17, 15) is 0 Å². The molecule has 2 heteroatoms. The molecule has 194 valence electrons. The van der Waals surface area contributed by atoms with Crippen molar-refractivity contribution in [3.63, 3.8) is 0 Å². The molecule has 1 aliphatic carbocycles. The van der Waals surface area contributed by atoms with Gasteiger partial charge in [0.25, 0.3) is 0 Å². The highest BCUT2D eigenvalue weighted by Gasteiger charge is 2.39. The average Bonchev–Trinajstić information content (AvgIpc) is 3.28. The predicted octanol–water partition coefficient (Wildman–Crippen LogP) is 10.6. The molecule has 0 saturated heterocycles. The Balaban J connectivity index is 1.28. The van der Waals surface area contributed by atoms with Gasteiger partial charge in [0, 0.05) is 17.8 Å². The maximum Gasteiger partial charge on any atom is 0.187 e. The van der Waals surface area contributed by atoms with E-state index in [4.69, 9.17) is 6.57 Å². The van der Waals surface area contributed by atoms with E-state index in [0.29, 0.717) is 5.69 Å². The molecular weight excluding hydrogens is 496 g/mol. The van der Waals surface area contributed by atoms with Gasteiger partial charge in [-0.25, -0.2) is 4.85 Å². The Bertz CT molecular complexity index is 1920. The van der Waals surface area contributed by atoms with Gasteiger partial charge in [-0.2, -0.15) is 0 Å². The molecule has 0 unspecified atom stereocenters. The standard InChI is InChI=1S/C39H28N2/c1-39(2)37-33(29-16-12-26(13-17-29)27-20-22-32(40-3)23-21-27)8-4-10-35(37)36-11-5-9-34(38(36)39)30-18-14-28(15-19-30)31-7-6-24-41-25-31/h4-25H,1-2H3. The molecule has 0 radical (unpaired) electrons. The van der Waals surface area contributed by atoms with Crippen LogP contribution in [0.3, 0.4) is 0 Å². The van der Waals surface area contributed by atoms with E-state index in [-0.39, 0.29) is 5.41 Å². The van der Waals surface area contributed by atoms with Gasteiger partial charge in [0.15, 0.2) is 5.69 Å². The molecule has 6 aromatic rings. The van der Waals surface area contributed by atoms with Crippen molar-refractivity contribution in [2.75, 3.05) is 0 Å². The first kappa shape index (κ1) is 24.8. The second-order valence-electron chi connectivity index (χ2n) is 11.1. The van der Waals surface area contributed by atoms with Crippen molar-refractivity contribution in [2.24, 2.45) is 0 Å². The minimum atomic E-state index is -0.172. The molecule has 1 aromatic heterocycles. The average molecular weight is 525 g/mol. The van der Waals surface area contributed by atoms with Gasteiger partial charge in [-0.3, -0.25) is 4.98 Å². The van der Waals surface area contributed by atoms with Crippen LogP contribution in [-0.4, -0.2) is 4.98 Å². The van der Waals surface area contributed by atoms with E-state index < -0.39 is 0 Å². The molecule has 7 rings (SSSR count). The second-order valence-corrected chi connectivity index (χ2v) is 11.1. The molecular formula is C39H28N2. The number of pyridine rings is 1. The lowest BCUT2D eigenvalue weighted by atomic mass is 9.76. The van der Waals surface area contributed by atoms with Crippen LogP contribution in [0.2, 0.25) is 0 Å². The van der Waals surface area contributed by atoms with Gasteiger partial charge in [0.2, 0.25) is 0 Å². The lowest BCUT2D eigenvalue weighted by molar-refractivity contribution is 0.664.